The number of hydrogen-bond donors (Lipinski definition) is 2. The van der Waals surface area contributed by atoms with Gasteiger partial charge in [0.15, 0.2) is 0 Å². The Kier molecular flexibility index (Phi) is 6.81. The highest BCUT2D eigenvalue weighted by molar-refractivity contribution is 5.94. The molecule has 0 aliphatic carbocycles. The van der Waals surface area contributed by atoms with Crippen molar-refractivity contribution in [2.45, 2.75) is 71.4 Å². The predicted octanol–water partition coefficient (Wildman–Crippen LogP) is 3.30. The largest absolute Gasteiger partial charge is 0.352 e. The first-order chi connectivity index (χ1) is 12.2. The minimum Gasteiger partial charge on any atom is -0.352 e. The fraction of sp³-hybridized carbons (Fsp3) is 0.619. The van der Waals surface area contributed by atoms with Crippen LogP contribution in [-0.2, 0) is 15.0 Å². The van der Waals surface area contributed by atoms with Gasteiger partial charge in [-0.15, -0.1) is 0 Å². The van der Waals surface area contributed by atoms with Gasteiger partial charge in [0.2, 0.25) is 11.8 Å². The molecule has 2 N–H and O–H groups in total. The van der Waals surface area contributed by atoms with Gasteiger partial charge >= 0.3 is 0 Å². The maximum absolute atomic E-state index is 12.6. The summed E-state index contributed by atoms with van der Waals surface area (Å²) in [6, 6.07) is 7.97. The maximum Gasteiger partial charge on any atom is 0.241 e. The van der Waals surface area contributed by atoms with E-state index < -0.39 is 0 Å². The lowest BCUT2D eigenvalue weighted by Gasteiger charge is -2.36. The second-order valence-corrected chi connectivity index (χ2v) is 8.25. The van der Waals surface area contributed by atoms with Gasteiger partial charge in [-0.1, -0.05) is 39.8 Å². The van der Waals surface area contributed by atoms with Crippen LogP contribution in [0.3, 0.4) is 0 Å². The lowest BCUT2D eigenvalue weighted by atomic mass is 9.87. The van der Waals surface area contributed by atoms with Crippen molar-refractivity contribution in [3.8, 4) is 0 Å². The monoisotopic (exact) mass is 359 g/mol. The van der Waals surface area contributed by atoms with Gasteiger partial charge in [-0.3, -0.25) is 14.5 Å². The number of piperidine rings is 1. The van der Waals surface area contributed by atoms with Crippen molar-refractivity contribution in [3.05, 3.63) is 29.8 Å². The van der Waals surface area contributed by atoms with Crippen LogP contribution in [0.4, 0.5) is 5.69 Å². The van der Waals surface area contributed by atoms with Crippen LogP contribution < -0.4 is 10.6 Å². The van der Waals surface area contributed by atoms with Crippen molar-refractivity contribution in [1.82, 2.24) is 10.2 Å². The smallest absolute Gasteiger partial charge is 0.241 e. The molecule has 1 aliphatic heterocycles. The molecule has 1 fully saturated rings. The fourth-order valence-electron chi connectivity index (χ4n) is 3.27. The molecule has 0 saturated carbocycles. The summed E-state index contributed by atoms with van der Waals surface area (Å²) in [5.41, 5.74) is 2.17. The van der Waals surface area contributed by atoms with Gasteiger partial charge in [-0.2, -0.15) is 0 Å². The lowest BCUT2D eigenvalue weighted by Crippen LogP contribution is -2.53. The van der Waals surface area contributed by atoms with Gasteiger partial charge in [0.05, 0.1) is 6.04 Å². The summed E-state index contributed by atoms with van der Waals surface area (Å²) in [4.78, 5) is 26.4. The molecular weight excluding hydrogens is 326 g/mol. The van der Waals surface area contributed by atoms with Crippen LogP contribution in [0, 0.1) is 0 Å². The van der Waals surface area contributed by atoms with E-state index in [1.807, 2.05) is 26.0 Å². The normalized spacial score (nSPS) is 19.7. The Hall–Kier alpha value is -1.88. The first-order valence-corrected chi connectivity index (χ1v) is 9.65. The van der Waals surface area contributed by atoms with E-state index in [-0.39, 0.29) is 29.3 Å². The van der Waals surface area contributed by atoms with Gasteiger partial charge in [0, 0.05) is 24.7 Å². The molecule has 144 valence electrons. The number of carbonyl (C=O) groups excluding carboxylic acids is 2. The van der Waals surface area contributed by atoms with Crippen LogP contribution in [0.5, 0.6) is 0 Å². The van der Waals surface area contributed by atoms with Crippen molar-refractivity contribution in [2.24, 2.45) is 0 Å². The summed E-state index contributed by atoms with van der Waals surface area (Å²) < 4.78 is 0. The summed E-state index contributed by atoms with van der Waals surface area (Å²) in [5.74, 6) is 0.0730. The van der Waals surface area contributed by atoms with Gasteiger partial charge in [0.25, 0.3) is 0 Å². The molecule has 1 aromatic rings. The molecule has 5 nitrogen and oxygen atoms in total. The molecule has 1 heterocycles. The SMILES string of the molecule is CCC(=O)NC1CCCN(C(C)C(=O)Nc2ccc(C(C)(C)C)cc2)C1. The maximum atomic E-state index is 12.6. The van der Waals surface area contributed by atoms with Crippen LogP contribution in [-0.4, -0.2) is 41.9 Å². The van der Waals surface area contributed by atoms with E-state index in [1.54, 1.807) is 0 Å². The molecule has 26 heavy (non-hydrogen) atoms. The molecule has 2 unspecified atom stereocenters. The first kappa shape index (κ1) is 20.4. The van der Waals surface area contributed by atoms with Gasteiger partial charge < -0.3 is 10.6 Å². The van der Waals surface area contributed by atoms with Gasteiger partial charge in [-0.05, 0) is 49.4 Å². The molecule has 0 spiro atoms. The molecule has 1 saturated heterocycles. The van der Waals surface area contributed by atoms with E-state index in [0.29, 0.717) is 6.42 Å². The van der Waals surface area contributed by atoms with E-state index in [2.05, 4.69) is 48.4 Å². The second kappa shape index (κ2) is 8.67. The van der Waals surface area contributed by atoms with E-state index in [0.717, 1.165) is 31.6 Å². The number of anilines is 1. The molecular formula is C21H33N3O2. The van der Waals surface area contributed by atoms with Crippen molar-refractivity contribution >= 4 is 17.5 Å². The van der Waals surface area contributed by atoms with Crippen molar-refractivity contribution < 1.29 is 9.59 Å². The average molecular weight is 360 g/mol. The Balaban J connectivity index is 1.93. The summed E-state index contributed by atoms with van der Waals surface area (Å²) in [5, 5.41) is 6.07. The van der Waals surface area contributed by atoms with E-state index in [4.69, 9.17) is 0 Å². The summed E-state index contributed by atoms with van der Waals surface area (Å²) in [6.45, 7) is 11.9. The van der Waals surface area contributed by atoms with Crippen LogP contribution in [0.2, 0.25) is 0 Å². The highest BCUT2D eigenvalue weighted by atomic mass is 16.2. The third-order valence-corrected chi connectivity index (χ3v) is 5.08. The van der Waals surface area contributed by atoms with Gasteiger partial charge in [0.1, 0.15) is 0 Å². The standard InChI is InChI=1S/C21H33N3O2/c1-6-19(25)22-18-8-7-13-24(14-18)15(2)20(26)23-17-11-9-16(10-12-17)21(3,4)5/h9-12,15,18H,6-8,13-14H2,1-5H3,(H,22,25)(H,23,26). The van der Waals surface area contributed by atoms with Crippen LogP contribution in [0.25, 0.3) is 0 Å². The van der Waals surface area contributed by atoms with Crippen LogP contribution >= 0.6 is 0 Å². The molecule has 0 radical (unpaired) electrons. The highest BCUT2D eigenvalue weighted by Gasteiger charge is 2.28. The molecule has 2 amide bonds. The van der Waals surface area contributed by atoms with Crippen LogP contribution in [0.15, 0.2) is 24.3 Å². The van der Waals surface area contributed by atoms with Crippen molar-refractivity contribution in [1.29, 1.82) is 0 Å². The summed E-state index contributed by atoms with van der Waals surface area (Å²) in [6.07, 6.45) is 2.47. The zero-order valence-electron chi connectivity index (χ0n) is 16.8. The predicted molar refractivity (Wildman–Crippen MR) is 106 cm³/mol. The summed E-state index contributed by atoms with van der Waals surface area (Å²) in [7, 11) is 0. The molecule has 2 rings (SSSR count). The molecule has 2 atom stereocenters. The number of carbonyl (C=O) groups is 2. The zero-order chi connectivity index (χ0) is 19.3. The summed E-state index contributed by atoms with van der Waals surface area (Å²) >= 11 is 0. The average Bonchev–Trinajstić information content (AvgIpc) is 2.60. The van der Waals surface area contributed by atoms with Gasteiger partial charge in [-0.25, -0.2) is 0 Å². The Morgan fingerprint density at radius 1 is 1.23 bits per heavy atom. The number of nitrogens with zero attached hydrogens (tertiary/aromatic N) is 1. The third-order valence-electron chi connectivity index (χ3n) is 5.08. The number of nitrogens with one attached hydrogen (secondary N) is 2. The van der Waals surface area contributed by atoms with E-state index in [9.17, 15) is 9.59 Å². The van der Waals surface area contributed by atoms with Crippen LogP contribution in [0.1, 0.15) is 59.4 Å². The Morgan fingerprint density at radius 3 is 2.46 bits per heavy atom. The first-order valence-electron chi connectivity index (χ1n) is 9.65. The van der Waals surface area contributed by atoms with E-state index in [1.165, 1.54) is 5.56 Å². The minimum atomic E-state index is -0.223. The Morgan fingerprint density at radius 2 is 1.88 bits per heavy atom. The Bertz CT molecular complexity index is 619. The third kappa shape index (κ3) is 5.56. The Labute approximate surface area is 157 Å². The quantitative estimate of drug-likeness (QED) is 0.848. The number of benzene rings is 1. The molecule has 1 aromatic carbocycles. The molecule has 5 heteroatoms. The zero-order valence-corrected chi connectivity index (χ0v) is 16.8. The van der Waals surface area contributed by atoms with Crippen molar-refractivity contribution in [3.63, 3.8) is 0 Å². The number of rotatable bonds is 5. The lowest BCUT2D eigenvalue weighted by molar-refractivity contribution is -0.122. The molecule has 1 aliphatic rings. The van der Waals surface area contributed by atoms with Crippen molar-refractivity contribution in [2.75, 3.05) is 18.4 Å². The topological polar surface area (TPSA) is 61.4 Å². The highest BCUT2D eigenvalue weighted by Crippen LogP contribution is 2.23. The number of amides is 2. The molecule has 0 aromatic heterocycles. The minimum absolute atomic E-state index is 0.00373. The number of hydrogen-bond acceptors (Lipinski definition) is 3. The second-order valence-electron chi connectivity index (χ2n) is 8.25. The fourth-order valence-corrected chi connectivity index (χ4v) is 3.27. The van der Waals surface area contributed by atoms with E-state index >= 15 is 0 Å². The number of likely N-dealkylation sites (tertiary alicyclic amines) is 1. The molecule has 0 bridgehead atoms.